The number of ether oxygens (including phenoxy) is 2. The minimum absolute atomic E-state index is 0.155. The number of nitrogens with zero attached hydrogens (tertiary/aromatic N) is 1. The summed E-state index contributed by atoms with van der Waals surface area (Å²) in [6.07, 6.45) is 1.39. The molecule has 6 nitrogen and oxygen atoms in total. The number of nitrogens with one attached hydrogen (secondary N) is 1. The highest BCUT2D eigenvalue weighted by atomic mass is 35.5. The van der Waals surface area contributed by atoms with Crippen LogP contribution in [-0.4, -0.2) is 24.7 Å². The van der Waals surface area contributed by atoms with Crippen LogP contribution in [-0.2, 0) is 4.79 Å². The number of hydrogen-bond donors (Lipinski definition) is 1. The lowest BCUT2D eigenvalue weighted by Gasteiger charge is -2.11. The molecular weight excluding hydrogens is 546 g/mol. The molecule has 0 aromatic heterocycles. The Morgan fingerprint density at radius 1 is 0.861 bits per heavy atom. The third-order valence-corrected chi connectivity index (χ3v) is 6.29. The summed E-state index contributed by atoms with van der Waals surface area (Å²) < 4.78 is 11.0. The van der Waals surface area contributed by atoms with E-state index in [2.05, 4.69) is 10.5 Å². The second kappa shape index (κ2) is 11.6. The molecule has 0 spiro atoms. The monoisotopic (exact) mass is 560 g/mol. The third kappa shape index (κ3) is 6.09. The van der Waals surface area contributed by atoms with Crippen molar-refractivity contribution >= 4 is 75.3 Å². The number of halogens is 4. The number of rotatable bonds is 7. The first-order valence-corrected chi connectivity index (χ1v) is 11.9. The van der Waals surface area contributed by atoms with Gasteiger partial charge in [0.05, 0.1) is 21.8 Å². The molecule has 4 aromatic carbocycles. The number of amides is 1. The van der Waals surface area contributed by atoms with E-state index in [4.69, 9.17) is 55.9 Å². The fourth-order valence-corrected chi connectivity index (χ4v) is 4.08. The Balaban J connectivity index is 1.52. The van der Waals surface area contributed by atoms with E-state index in [1.165, 1.54) is 18.3 Å². The van der Waals surface area contributed by atoms with Crippen LogP contribution in [0.3, 0.4) is 0 Å². The second-order valence-electron chi connectivity index (χ2n) is 7.35. The molecule has 0 radical (unpaired) electrons. The van der Waals surface area contributed by atoms with Crippen LogP contribution in [0.1, 0.15) is 15.9 Å². The van der Waals surface area contributed by atoms with Crippen LogP contribution in [0, 0.1) is 0 Å². The average molecular weight is 562 g/mol. The van der Waals surface area contributed by atoms with E-state index >= 15 is 0 Å². The summed E-state index contributed by atoms with van der Waals surface area (Å²) in [6, 6.07) is 20.2. The van der Waals surface area contributed by atoms with E-state index < -0.39 is 11.9 Å². The summed E-state index contributed by atoms with van der Waals surface area (Å²) >= 11 is 24.1. The molecule has 0 bridgehead atoms. The van der Waals surface area contributed by atoms with Crippen molar-refractivity contribution < 1.29 is 19.1 Å². The molecule has 0 saturated carbocycles. The lowest BCUT2D eigenvalue weighted by atomic mass is 10.0. The molecule has 182 valence electrons. The maximum atomic E-state index is 12.8. The highest BCUT2D eigenvalue weighted by molar-refractivity contribution is 6.43. The maximum absolute atomic E-state index is 12.8. The summed E-state index contributed by atoms with van der Waals surface area (Å²) in [4.78, 5) is 25.0. The van der Waals surface area contributed by atoms with Gasteiger partial charge in [0.25, 0.3) is 5.91 Å². The van der Waals surface area contributed by atoms with E-state index in [0.29, 0.717) is 15.6 Å². The van der Waals surface area contributed by atoms with Crippen molar-refractivity contribution in [2.24, 2.45) is 5.10 Å². The van der Waals surface area contributed by atoms with E-state index in [-0.39, 0.29) is 33.7 Å². The second-order valence-corrected chi connectivity index (χ2v) is 8.97. The van der Waals surface area contributed by atoms with Gasteiger partial charge in [-0.3, -0.25) is 4.79 Å². The summed E-state index contributed by atoms with van der Waals surface area (Å²) in [6.45, 7) is -0.343. The molecule has 0 saturated heterocycles. The summed E-state index contributed by atoms with van der Waals surface area (Å²) in [7, 11) is 0. The van der Waals surface area contributed by atoms with Crippen LogP contribution in [0.15, 0.2) is 77.9 Å². The van der Waals surface area contributed by atoms with Crippen LogP contribution >= 0.6 is 46.4 Å². The van der Waals surface area contributed by atoms with E-state index in [9.17, 15) is 9.59 Å². The minimum Gasteiger partial charge on any atom is -0.482 e. The van der Waals surface area contributed by atoms with Crippen LogP contribution in [0.5, 0.6) is 11.5 Å². The fourth-order valence-electron chi connectivity index (χ4n) is 3.25. The van der Waals surface area contributed by atoms with Crippen LogP contribution in [0.25, 0.3) is 10.8 Å². The Morgan fingerprint density at radius 2 is 1.67 bits per heavy atom. The number of fused-ring (bicyclic) bond motifs is 1. The van der Waals surface area contributed by atoms with Gasteiger partial charge in [-0.05, 0) is 47.2 Å². The lowest BCUT2D eigenvalue weighted by Crippen LogP contribution is -2.24. The molecule has 0 fully saturated rings. The number of benzene rings is 4. The predicted octanol–water partition coefficient (Wildman–Crippen LogP) is 7.20. The van der Waals surface area contributed by atoms with Crippen molar-refractivity contribution in [3.63, 3.8) is 0 Å². The molecule has 1 amide bonds. The molecule has 0 aliphatic rings. The Morgan fingerprint density at radius 3 is 2.47 bits per heavy atom. The number of esters is 1. The molecule has 4 rings (SSSR count). The normalized spacial score (nSPS) is 11.0. The molecule has 10 heteroatoms. The van der Waals surface area contributed by atoms with Gasteiger partial charge in [-0.2, -0.15) is 5.10 Å². The summed E-state index contributed by atoms with van der Waals surface area (Å²) in [5.74, 6) is -0.705. The van der Waals surface area contributed by atoms with Gasteiger partial charge in [0.2, 0.25) is 0 Å². The van der Waals surface area contributed by atoms with E-state index in [1.54, 1.807) is 36.4 Å². The summed E-state index contributed by atoms with van der Waals surface area (Å²) in [5, 5.41) is 6.73. The molecule has 1 N–H and O–H groups in total. The predicted molar refractivity (Wildman–Crippen MR) is 143 cm³/mol. The van der Waals surface area contributed by atoms with Crippen LogP contribution in [0.2, 0.25) is 20.1 Å². The van der Waals surface area contributed by atoms with Crippen molar-refractivity contribution in [2.45, 2.75) is 0 Å². The first-order chi connectivity index (χ1) is 17.3. The maximum Gasteiger partial charge on any atom is 0.345 e. The van der Waals surface area contributed by atoms with Crippen molar-refractivity contribution in [1.29, 1.82) is 0 Å². The molecule has 0 aliphatic carbocycles. The zero-order chi connectivity index (χ0) is 25.7. The topological polar surface area (TPSA) is 77.0 Å². The number of hydrogen-bond acceptors (Lipinski definition) is 5. The highest BCUT2D eigenvalue weighted by Gasteiger charge is 2.16. The molecule has 0 aliphatic heterocycles. The van der Waals surface area contributed by atoms with E-state index in [0.717, 1.165) is 10.8 Å². The minimum atomic E-state index is -0.669. The molecule has 36 heavy (non-hydrogen) atoms. The summed E-state index contributed by atoms with van der Waals surface area (Å²) in [5.41, 5.74) is 3.01. The zero-order valence-electron chi connectivity index (χ0n) is 18.3. The SMILES string of the molecule is O=C(COc1cccc(Cl)c1Cl)N/N=C\c1c(OC(=O)c2ccc(Cl)cc2Cl)ccc2ccccc12. The van der Waals surface area contributed by atoms with Crippen molar-refractivity contribution in [2.75, 3.05) is 6.61 Å². The smallest absolute Gasteiger partial charge is 0.345 e. The molecule has 0 unspecified atom stereocenters. The lowest BCUT2D eigenvalue weighted by molar-refractivity contribution is -0.123. The van der Waals surface area contributed by atoms with Gasteiger partial charge in [-0.25, -0.2) is 10.2 Å². The molecular formula is C26H16Cl4N2O4. The molecule has 4 aromatic rings. The van der Waals surface area contributed by atoms with Crippen molar-refractivity contribution in [3.8, 4) is 11.5 Å². The largest absolute Gasteiger partial charge is 0.482 e. The zero-order valence-corrected chi connectivity index (χ0v) is 21.3. The molecule has 0 atom stereocenters. The average Bonchev–Trinajstić information content (AvgIpc) is 2.86. The van der Waals surface area contributed by atoms with Crippen molar-refractivity contribution in [3.05, 3.63) is 104 Å². The van der Waals surface area contributed by atoms with Gasteiger partial charge in [0, 0.05) is 10.6 Å². The Kier molecular flexibility index (Phi) is 8.33. The third-order valence-electron chi connectivity index (χ3n) is 4.94. The van der Waals surface area contributed by atoms with Crippen LogP contribution < -0.4 is 14.9 Å². The number of carbonyl (C=O) groups excluding carboxylic acids is 2. The highest BCUT2D eigenvalue weighted by Crippen LogP contribution is 2.31. The Bertz CT molecular complexity index is 1490. The van der Waals surface area contributed by atoms with Gasteiger partial charge in [0.15, 0.2) is 6.61 Å². The van der Waals surface area contributed by atoms with Crippen molar-refractivity contribution in [1.82, 2.24) is 5.43 Å². The quantitative estimate of drug-likeness (QED) is 0.112. The van der Waals surface area contributed by atoms with Gasteiger partial charge in [0.1, 0.15) is 16.5 Å². The molecule has 0 heterocycles. The van der Waals surface area contributed by atoms with E-state index in [1.807, 2.05) is 24.3 Å². The first kappa shape index (κ1) is 25.8. The van der Waals surface area contributed by atoms with Gasteiger partial charge in [-0.1, -0.05) is 82.8 Å². The Labute approximate surface area is 226 Å². The fraction of sp³-hybridized carbons (Fsp3) is 0.0385. The van der Waals surface area contributed by atoms with Crippen LogP contribution in [0.4, 0.5) is 0 Å². The standard InChI is InChI=1S/C26H16Cl4N2O4/c27-16-9-10-18(21(29)12-16)26(34)36-22-11-8-15-4-1-2-5-17(15)19(22)13-31-32-24(33)14-35-23-7-3-6-20(28)25(23)30/h1-13H,14H2,(H,32,33)/b31-13-. The number of hydrazone groups is 1. The Hall–Kier alpha value is -3.29. The van der Waals surface area contributed by atoms with Gasteiger partial charge >= 0.3 is 5.97 Å². The first-order valence-electron chi connectivity index (χ1n) is 10.4. The van der Waals surface area contributed by atoms with Gasteiger partial charge in [-0.15, -0.1) is 0 Å². The number of carbonyl (C=O) groups is 2. The van der Waals surface area contributed by atoms with Gasteiger partial charge < -0.3 is 9.47 Å².